The Morgan fingerprint density at radius 3 is 2.05 bits per heavy atom. The molecule has 0 bridgehead atoms. The van der Waals surface area contributed by atoms with Crippen molar-refractivity contribution in [1.82, 2.24) is 0 Å². The van der Waals surface area contributed by atoms with E-state index < -0.39 is 29.3 Å². The van der Waals surface area contributed by atoms with Gasteiger partial charge in [0, 0.05) is 12.8 Å². The zero-order chi connectivity index (χ0) is 17.3. The van der Waals surface area contributed by atoms with Gasteiger partial charge in [0.05, 0.1) is 5.41 Å². The summed E-state index contributed by atoms with van der Waals surface area (Å²) in [6.07, 6.45) is 0.269. The Balaban J connectivity index is 4.38. The van der Waals surface area contributed by atoms with Crippen LogP contribution in [0.1, 0.15) is 59.3 Å². The third-order valence-electron chi connectivity index (χ3n) is 3.15. The molecule has 0 saturated heterocycles. The fraction of sp³-hybridized carbons (Fsp3) is 0.667. The summed E-state index contributed by atoms with van der Waals surface area (Å²) in [6.45, 7) is 4.84. The molecule has 0 amide bonds. The van der Waals surface area contributed by atoms with E-state index in [1.807, 2.05) is 6.92 Å². The van der Waals surface area contributed by atoms with Crippen molar-refractivity contribution in [2.45, 2.75) is 59.3 Å². The number of hydrogen-bond donors (Lipinski definition) is 0. The van der Waals surface area contributed by atoms with Crippen molar-refractivity contribution in [3.8, 4) is 0 Å². The minimum absolute atomic E-state index is 0.0792. The Bertz CT molecular complexity index is 452. The van der Waals surface area contributed by atoms with Gasteiger partial charge in [0.15, 0.2) is 0 Å². The number of ether oxygens (including phenoxy) is 1. The van der Waals surface area contributed by atoms with Crippen LogP contribution in [-0.2, 0) is 19.1 Å². The second-order valence-electron chi connectivity index (χ2n) is 5.63. The number of carbonyl (C=O) groups excluding carboxylic acids is 3. The third kappa shape index (κ3) is 7.38. The van der Waals surface area contributed by atoms with E-state index in [2.05, 4.69) is 4.74 Å². The van der Waals surface area contributed by atoms with Gasteiger partial charge in [-0.25, -0.2) is 4.79 Å². The maximum atomic E-state index is 12.6. The van der Waals surface area contributed by atoms with Crippen LogP contribution in [0.15, 0.2) is 11.9 Å². The van der Waals surface area contributed by atoms with Crippen LogP contribution >= 0.6 is 0 Å². The molecule has 0 aliphatic carbocycles. The molecule has 0 rings (SSSR count). The molecule has 0 aliphatic rings. The van der Waals surface area contributed by atoms with E-state index in [0.29, 0.717) is 12.8 Å². The highest BCUT2D eigenvalue weighted by Gasteiger charge is 2.32. The second-order valence-corrected chi connectivity index (χ2v) is 5.63. The third-order valence-corrected chi connectivity index (χ3v) is 3.15. The molecule has 0 heterocycles. The van der Waals surface area contributed by atoms with Gasteiger partial charge < -0.3 is 4.74 Å². The van der Waals surface area contributed by atoms with Crippen LogP contribution in [0.2, 0.25) is 0 Å². The molecule has 0 saturated carbocycles. The van der Waals surface area contributed by atoms with Crippen molar-refractivity contribution in [2.24, 2.45) is 5.41 Å². The lowest BCUT2D eigenvalue weighted by molar-refractivity contribution is -0.165. The van der Waals surface area contributed by atoms with Crippen LogP contribution in [0.4, 0.5) is 13.2 Å². The van der Waals surface area contributed by atoms with E-state index in [0.717, 1.165) is 12.8 Å². The van der Waals surface area contributed by atoms with Gasteiger partial charge >= 0.3 is 18.0 Å². The largest absolute Gasteiger partial charge is 0.387 e. The molecule has 0 spiro atoms. The lowest BCUT2D eigenvalue weighted by atomic mass is 9.86. The lowest BCUT2D eigenvalue weighted by Crippen LogP contribution is -2.29. The first-order chi connectivity index (χ1) is 10.1. The highest BCUT2D eigenvalue weighted by atomic mass is 19.3. The van der Waals surface area contributed by atoms with Crippen LogP contribution in [-0.4, -0.2) is 17.7 Å². The number of unbranched alkanes of at least 4 members (excludes halogenated alkanes) is 1. The van der Waals surface area contributed by atoms with Crippen LogP contribution in [0, 0.1) is 5.41 Å². The summed E-state index contributed by atoms with van der Waals surface area (Å²) in [6, 6.07) is 0. The van der Waals surface area contributed by atoms with Gasteiger partial charge in [-0.05, 0) is 33.1 Å². The first-order valence-corrected chi connectivity index (χ1v) is 7.11. The molecule has 22 heavy (non-hydrogen) atoms. The van der Waals surface area contributed by atoms with Gasteiger partial charge in [0.2, 0.25) is 0 Å². The fourth-order valence-corrected chi connectivity index (χ4v) is 1.67. The number of esters is 2. The second kappa shape index (κ2) is 9.38. The Hall–Kier alpha value is -1.66. The number of Topliss-reactive ketones (excluding diaryl/α,β-unsaturated/α-hetero) is 1. The maximum Gasteiger partial charge on any atom is 0.380 e. The minimum atomic E-state index is -2.84. The first kappa shape index (κ1) is 20.3. The predicted octanol–water partition coefficient (Wildman–Crippen LogP) is 4.09. The molecule has 0 aromatic carbocycles. The summed E-state index contributed by atoms with van der Waals surface area (Å²) < 4.78 is 40.4. The van der Waals surface area contributed by atoms with Crippen molar-refractivity contribution in [1.29, 1.82) is 0 Å². The molecule has 0 unspecified atom stereocenters. The minimum Gasteiger partial charge on any atom is -0.387 e. The molecular formula is C15H21F3O4. The topological polar surface area (TPSA) is 60.4 Å². The average molecular weight is 322 g/mol. The molecular weight excluding hydrogens is 301 g/mol. The van der Waals surface area contributed by atoms with Crippen LogP contribution in [0.25, 0.3) is 0 Å². The Morgan fingerprint density at radius 1 is 1.00 bits per heavy atom. The molecule has 0 N–H and O–H groups in total. The summed E-state index contributed by atoms with van der Waals surface area (Å²) in [5.74, 6) is -5.40. The molecule has 0 aliphatic heterocycles. The monoisotopic (exact) mass is 322 g/mol. The van der Waals surface area contributed by atoms with Crippen molar-refractivity contribution >= 4 is 17.7 Å². The number of rotatable bonds is 9. The van der Waals surface area contributed by atoms with Crippen molar-refractivity contribution in [2.75, 3.05) is 0 Å². The summed E-state index contributed by atoms with van der Waals surface area (Å²) in [5.41, 5.74) is -1.17. The van der Waals surface area contributed by atoms with Crippen LogP contribution in [0.5, 0.6) is 0 Å². The normalized spacial score (nSPS) is 11.0. The van der Waals surface area contributed by atoms with Gasteiger partial charge in [-0.1, -0.05) is 13.3 Å². The number of hydrogen-bond acceptors (Lipinski definition) is 4. The Kier molecular flexibility index (Phi) is 8.67. The standard InChI is InChI=1S/C15H21F3O4/c1-4-5-7-10(19)8-6-9-15(2,3)14(21)22-13(20)11(16)12(17)18/h4-9H2,1-3H3. The Morgan fingerprint density at radius 2 is 1.55 bits per heavy atom. The highest BCUT2D eigenvalue weighted by molar-refractivity contribution is 5.96. The van der Waals surface area contributed by atoms with E-state index in [4.69, 9.17) is 0 Å². The summed E-state index contributed by atoms with van der Waals surface area (Å²) in [5, 5.41) is 0. The number of halogens is 3. The quantitative estimate of drug-likeness (QED) is 0.364. The molecule has 7 heteroatoms. The highest BCUT2D eigenvalue weighted by Crippen LogP contribution is 2.26. The maximum absolute atomic E-state index is 12.6. The number of ketones is 1. The zero-order valence-electron chi connectivity index (χ0n) is 13.0. The molecule has 0 fully saturated rings. The summed E-state index contributed by atoms with van der Waals surface area (Å²) in [7, 11) is 0. The van der Waals surface area contributed by atoms with Gasteiger partial charge in [-0.15, -0.1) is 0 Å². The summed E-state index contributed by atoms with van der Waals surface area (Å²) >= 11 is 0. The first-order valence-electron chi connectivity index (χ1n) is 7.11. The van der Waals surface area contributed by atoms with Crippen molar-refractivity contribution < 1.29 is 32.3 Å². The van der Waals surface area contributed by atoms with E-state index in [1.54, 1.807) is 0 Å². The number of carbonyl (C=O) groups is 3. The fourth-order valence-electron chi connectivity index (χ4n) is 1.67. The average Bonchev–Trinajstić information content (AvgIpc) is 2.43. The van der Waals surface area contributed by atoms with Gasteiger partial charge in [0.25, 0.3) is 5.83 Å². The van der Waals surface area contributed by atoms with E-state index in [1.165, 1.54) is 13.8 Å². The lowest BCUT2D eigenvalue weighted by Gasteiger charge is -2.21. The van der Waals surface area contributed by atoms with E-state index in [-0.39, 0.29) is 18.6 Å². The predicted molar refractivity (Wildman–Crippen MR) is 73.6 cm³/mol. The van der Waals surface area contributed by atoms with Gasteiger partial charge in [-0.3, -0.25) is 9.59 Å². The smallest absolute Gasteiger partial charge is 0.380 e. The SMILES string of the molecule is CCCCC(=O)CCCC(C)(C)C(=O)OC(=O)C(F)=C(F)F. The molecule has 0 aromatic heterocycles. The van der Waals surface area contributed by atoms with Crippen LogP contribution < -0.4 is 0 Å². The van der Waals surface area contributed by atoms with Crippen molar-refractivity contribution in [3.63, 3.8) is 0 Å². The molecule has 0 radical (unpaired) electrons. The molecule has 0 aromatic rings. The molecule has 0 atom stereocenters. The van der Waals surface area contributed by atoms with Crippen LogP contribution in [0.3, 0.4) is 0 Å². The van der Waals surface area contributed by atoms with Gasteiger partial charge in [0.1, 0.15) is 5.78 Å². The molecule has 4 nitrogen and oxygen atoms in total. The summed E-state index contributed by atoms with van der Waals surface area (Å²) in [4.78, 5) is 34.1. The molecule has 126 valence electrons. The van der Waals surface area contributed by atoms with Gasteiger partial charge in [-0.2, -0.15) is 13.2 Å². The van der Waals surface area contributed by atoms with E-state index >= 15 is 0 Å². The van der Waals surface area contributed by atoms with Crippen molar-refractivity contribution in [3.05, 3.63) is 11.9 Å². The zero-order valence-corrected chi connectivity index (χ0v) is 13.0. The van der Waals surface area contributed by atoms with E-state index in [9.17, 15) is 27.6 Å². The Labute approximate surface area is 127 Å².